The van der Waals surface area contributed by atoms with Gasteiger partial charge in [-0.05, 0) is 35.4 Å². The van der Waals surface area contributed by atoms with E-state index in [1.165, 1.54) is 7.11 Å². The molecule has 108 valence electrons. The van der Waals surface area contributed by atoms with Crippen LogP contribution in [0.25, 0.3) is 11.1 Å². The molecular formula is C16H15NO4. The highest BCUT2D eigenvalue weighted by Gasteiger charge is 2.14. The Morgan fingerprint density at radius 3 is 2.81 bits per heavy atom. The van der Waals surface area contributed by atoms with Gasteiger partial charge in [0.1, 0.15) is 6.61 Å². The van der Waals surface area contributed by atoms with E-state index in [1.54, 1.807) is 0 Å². The number of rotatable bonds is 4. The molecule has 0 atom stereocenters. The Labute approximate surface area is 122 Å². The third kappa shape index (κ3) is 2.98. The smallest absolute Gasteiger partial charge is 0.250 e. The van der Waals surface area contributed by atoms with Gasteiger partial charge >= 0.3 is 0 Å². The number of carbonyl (C=O) groups excluding carboxylic acids is 1. The number of fused-ring (bicyclic) bond motifs is 1. The van der Waals surface area contributed by atoms with Gasteiger partial charge in [-0.2, -0.15) is 0 Å². The van der Waals surface area contributed by atoms with E-state index in [2.05, 4.69) is 5.32 Å². The van der Waals surface area contributed by atoms with E-state index in [9.17, 15) is 4.79 Å². The molecule has 1 N–H and O–H groups in total. The lowest BCUT2D eigenvalue weighted by Gasteiger charge is -2.08. The fourth-order valence-corrected chi connectivity index (χ4v) is 2.18. The average molecular weight is 285 g/mol. The minimum absolute atomic E-state index is 0.0360. The standard InChI is InChI=1S/C16H15NO4/c1-19-9-16(18)17-13-4-2-3-11(7-13)12-5-6-14-15(8-12)21-10-20-14/h2-8H,9-10H2,1H3,(H,17,18). The van der Waals surface area contributed by atoms with E-state index in [0.717, 1.165) is 28.3 Å². The molecule has 1 aliphatic heterocycles. The van der Waals surface area contributed by atoms with E-state index in [1.807, 2.05) is 42.5 Å². The van der Waals surface area contributed by atoms with E-state index in [-0.39, 0.29) is 19.3 Å². The highest BCUT2D eigenvalue weighted by molar-refractivity contribution is 5.92. The Bertz CT molecular complexity index is 669. The molecule has 0 saturated heterocycles. The summed E-state index contributed by atoms with van der Waals surface area (Å²) in [4.78, 5) is 11.5. The van der Waals surface area contributed by atoms with Gasteiger partial charge < -0.3 is 19.5 Å². The quantitative estimate of drug-likeness (QED) is 0.938. The Hall–Kier alpha value is -2.53. The summed E-state index contributed by atoms with van der Waals surface area (Å²) in [6, 6.07) is 13.4. The lowest BCUT2D eigenvalue weighted by molar-refractivity contribution is -0.119. The molecular weight excluding hydrogens is 270 g/mol. The fraction of sp³-hybridized carbons (Fsp3) is 0.188. The molecule has 0 saturated carbocycles. The number of ether oxygens (including phenoxy) is 3. The fourth-order valence-electron chi connectivity index (χ4n) is 2.18. The van der Waals surface area contributed by atoms with Crippen molar-refractivity contribution in [3.05, 3.63) is 42.5 Å². The van der Waals surface area contributed by atoms with Gasteiger partial charge in [-0.1, -0.05) is 18.2 Å². The predicted molar refractivity (Wildman–Crippen MR) is 78.5 cm³/mol. The summed E-state index contributed by atoms with van der Waals surface area (Å²) in [5.74, 6) is 1.31. The summed E-state index contributed by atoms with van der Waals surface area (Å²) in [6.45, 7) is 0.292. The number of hydrogen-bond donors (Lipinski definition) is 1. The van der Waals surface area contributed by atoms with Crippen LogP contribution in [-0.2, 0) is 9.53 Å². The molecule has 2 aromatic rings. The van der Waals surface area contributed by atoms with Crippen molar-refractivity contribution >= 4 is 11.6 Å². The predicted octanol–water partition coefficient (Wildman–Crippen LogP) is 2.67. The number of benzene rings is 2. The first-order valence-corrected chi connectivity index (χ1v) is 6.55. The van der Waals surface area contributed by atoms with Crippen molar-refractivity contribution in [3.8, 4) is 22.6 Å². The van der Waals surface area contributed by atoms with Gasteiger partial charge in [-0.3, -0.25) is 4.79 Å². The molecule has 1 aliphatic rings. The number of carbonyl (C=O) groups is 1. The molecule has 2 aromatic carbocycles. The molecule has 5 heteroatoms. The number of amides is 1. The number of nitrogens with one attached hydrogen (secondary N) is 1. The highest BCUT2D eigenvalue weighted by Crippen LogP contribution is 2.36. The van der Waals surface area contributed by atoms with Crippen LogP contribution in [0.2, 0.25) is 0 Å². The van der Waals surface area contributed by atoms with Crippen LogP contribution in [0, 0.1) is 0 Å². The van der Waals surface area contributed by atoms with Gasteiger partial charge in [-0.25, -0.2) is 0 Å². The summed E-state index contributed by atoms with van der Waals surface area (Å²) in [5, 5.41) is 2.79. The first-order valence-electron chi connectivity index (χ1n) is 6.55. The van der Waals surface area contributed by atoms with Gasteiger partial charge in [0, 0.05) is 12.8 Å². The molecule has 0 spiro atoms. The first kappa shape index (κ1) is 13.5. The van der Waals surface area contributed by atoms with Crippen LogP contribution in [0.3, 0.4) is 0 Å². The minimum atomic E-state index is -0.180. The van der Waals surface area contributed by atoms with Gasteiger partial charge in [0.2, 0.25) is 12.7 Å². The second-order valence-electron chi connectivity index (χ2n) is 4.63. The zero-order chi connectivity index (χ0) is 14.7. The highest BCUT2D eigenvalue weighted by atomic mass is 16.7. The molecule has 5 nitrogen and oxygen atoms in total. The van der Waals surface area contributed by atoms with Crippen LogP contribution in [0.5, 0.6) is 11.5 Å². The molecule has 0 fully saturated rings. The van der Waals surface area contributed by atoms with Crippen LogP contribution in [0.4, 0.5) is 5.69 Å². The minimum Gasteiger partial charge on any atom is -0.454 e. The van der Waals surface area contributed by atoms with Crippen molar-refractivity contribution in [2.75, 3.05) is 25.8 Å². The van der Waals surface area contributed by atoms with Gasteiger partial charge in [0.05, 0.1) is 0 Å². The van der Waals surface area contributed by atoms with Gasteiger partial charge in [0.15, 0.2) is 11.5 Å². The Kier molecular flexibility index (Phi) is 3.75. The summed E-state index contributed by atoms with van der Waals surface area (Å²) >= 11 is 0. The third-order valence-corrected chi connectivity index (χ3v) is 3.13. The van der Waals surface area contributed by atoms with Crippen molar-refractivity contribution in [2.24, 2.45) is 0 Å². The zero-order valence-electron chi connectivity index (χ0n) is 11.6. The molecule has 0 unspecified atom stereocenters. The number of hydrogen-bond acceptors (Lipinski definition) is 4. The zero-order valence-corrected chi connectivity index (χ0v) is 11.6. The van der Waals surface area contributed by atoms with Crippen LogP contribution in [0.15, 0.2) is 42.5 Å². The molecule has 21 heavy (non-hydrogen) atoms. The van der Waals surface area contributed by atoms with E-state index < -0.39 is 0 Å². The summed E-state index contributed by atoms with van der Waals surface area (Å²) < 4.78 is 15.5. The molecule has 0 bridgehead atoms. The number of anilines is 1. The van der Waals surface area contributed by atoms with Crippen molar-refractivity contribution in [1.82, 2.24) is 0 Å². The topological polar surface area (TPSA) is 56.8 Å². The van der Waals surface area contributed by atoms with E-state index in [4.69, 9.17) is 14.2 Å². The Balaban J connectivity index is 1.84. The second-order valence-corrected chi connectivity index (χ2v) is 4.63. The molecule has 0 aromatic heterocycles. The SMILES string of the molecule is COCC(=O)Nc1cccc(-c2ccc3c(c2)OCO3)c1. The maximum absolute atomic E-state index is 11.5. The summed E-state index contributed by atoms with van der Waals surface area (Å²) in [6.07, 6.45) is 0. The maximum atomic E-state index is 11.5. The van der Waals surface area contributed by atoms with Crippen molar-refractivity contribution in [2.45, 2.75) is 0 Å². The van der Waals surface area contributed by atoms with E-state index >= 15 is 0 Å². The van der Waals surface area contributed by atoms with Crippen LogP contribution in [-0.4, -0.2) is 26.4 Å². The van der Waals surface area contributed by atoms with Crippen LogP contribution >= 0.6 is 0 Å². The third-order valence-electron chi connectivity index (χ3n) is 3.13. The molecule has 3 rings (SSSR count). The normalized spacial score (nSPS) is 12.2. The Morgan fingerprint density at radius 2 is 1.95 bits per heavy atom. The van der Waals surface area contributed by atoms with E-state index in [0.29, 0.717) is 0 Å². The summed E-state index contributed by atoms with van der Waals surface area (Å²) in [7, 11) is 1.49. The second kappa shape index (κ2) is 5.85. The monoisotopic (exact) mass is 285 g/mol. The lowest BCUT2D eigenvalue weighted by atomic mass is 10.0. The molecule has 1 amide bonds. The first-order chi connectivity index (χ1) is 10.3. The maximum Gasteiger partial charge on any atom is 0.250 e. The van der Waals surface area contributed by atoms with Crippen molar-refractivity contribution < 1.29 is 19.0 Å². The van der Waals surface area contributed by atoms with Crippen LogP contribution < -0.4 is 14.8 Å². The van der Waals surface area contributed by atoms with Crippen molar-refractivity contribution in [3.63, 3.8) is 0 Å². The molecule has 1 heterocycles. The molecule has 0 radical (unpaired) electrons. The lowest BCUT2D eigenvalue weighted by Crippen LogP contribution is -2.16. The largest absolute Gasteiger partial charge is 0.454 e. The summed E-state index contributed by atoms with van der Waals surface area (Å²) in [5.41, 5.74) is 2.72. The number of methoxy groups -OCH3 is 1. The van der Waals surface area contributed by atoms with Gasteiger partial charge in [-0.15, -0.1) is 0 Å². The molecule has 0 aliphatic carbocycles. The Morgan fingerprint density at radius 1 is 1.14 bits per heavy atom. The van der Waals surface area contributed by atoms with Crippen molar-refractivity contribution in [1.29, 1.82) is 0 Å². The average Bonchev–Trinajstić information content (AvgIpc) is 2.95. The van der Waals surface area contributed by atoms with Gasteiger partial charge in [0.25, 0.3) is 0 Å². The van der Waals surface area contributed by atoms with Crippen LogP contribution in [0.1, 0.15) is 0 Å².